The molecule has 0 saturated carbocycles. The van der Waals surface area contributed by atoms with Crippen LogP contribution in [-0.4, -0.2) is 142 Å². The highest BCUT2D eigenvalue weighted by atomic mass is 35.5. The van der Waals surface area contributed by atoms with Crippen molar-refractivity contribution in [1.29, 1.82) is 0 Å². The number of nitrogens with one attached hydrogen (secondary N) is 3. The second kappa shape index (κ2) is 40.1. The van der Waals surface area contributed by atoms with Gasteiger partial charge in [0, 0.05) is 31.8 Å². The molecule has 5 N–H and O–H groups in total. The molecule has 4 aromatic carbocycles. The Bertz CT molecular complexity index is 3010. The third-order valence-corrected chi connectivity index (χ3v) is 12.2. The van der Waals surface area contributed by atoms with E-state index in [1.807, 2.05) is 83.3 Å². The topological polar surface area (TPSA) is 293 Å². The molecule has 2 heterocycles. The van der Waals surface area contributed by atoms with Gasteiger partial charge in [0.2, 0.25) is 28.8 Å². The maximum atomic E-state index is 12.6. The van der Waals surface area contributed by atoms with E-state index in [4.69, 9.17) is 87.0 Å². The number of aryl methyl sites for hydroxylation is 2. The molecule has 0 saturated heterocycles. The molecular weight excluding hydrogens is 1290 g/mol. The van der Waals surface area contributed by atoms with Crippen LogP contribution in [0.4, 0.5) is 42.1 Å². The minimum absolute atomic E-state index is 0.0111. The summed E-state index contributed by atoms with van der Waals surface area (Å²) in [7, 11) is -2.07. The summed E-state index contributed by atoms with van der Waals surface area (Å²) < 4.78 is 69.0. The van der Waals surface area contributed by atoms with Crippen molar-refractivity contribution in [3.63, 3.8) is 0 Å². The zero-order valence-corrected chi connectivity index (χ0v) is 55.4. The number of nitrogens with zero attached hydrogens (tertiary/aromatic N) is 6. The number of hydrogen-bond donors (Lipinski definition) is 5. The lowest BCUT2D eigenvalue weighted by atomic mass is 10.0. The average Bonchev–Trinajstić information content (AvgIpc) is 1.40. The second-order valence-electron chi connectivity index (χ2n) is 18.8. The molecule has 1 aliphatic rings. The summed E-state index contributed by atoms with van der Waals surface area (Å²) in [6, 6.07) is 20.0. The summed E-state index contributed by atoms with van der Waals surface area (Å²) in [4.78, 5) is 76.4. The van der Waals surface area contributed by atoms with Gasteiger partial charge in [0.1, 0.15) is 37.3 Å². The fraction of sp³-hybridized carbons (Fsp3) is 0.455. The molecule has 3 unspecified atom stereocenters. The quantitative estimate of drug-likeness (QED) is 0.0159. The van der Waals surface area contributed by atoms with Crippen molar-refractivity contribution in [1.82, 2.24) is 20.3 Å². The molecule has 2 amide bonds. The molecule has 0 fully saturated rings. The van der Waals surface area contributed by atoms with Crippen LogP contribution in [0, 0.1) is 17.0 Å². The number of carboxylic acid groups (broad SMARTS) is 1. The first-order chi connectivity index (χ1) is 40.7. The summed E-state index contributed by atoms with van der Waals surface area (Å²) in [5.74, 6) is 0.199. The van der Waals surface area contributed by atoms with Crippen molar-refractivity contribution in [2.45, 2.75) is 90.9 Å². The largest absolute Gasteiger partial charge is 0.778 e. The van der Waals surface area contributed by atoms with Crippen molar-refractivity contribution in [3.8, 4) is 23.0 Å². The number of nitro benzene ring substituents is 1. The molecule has 0 bridgehead atoms. The normalized spacial score (nSPS) is 13.3. The maximum absolute atomic E-state index is 12.6. The first-order valence-corrected chi connectivity index (χ1v) is 32.6. The number of anilines is 4. The van der Waals surface area contributed by atoms with E-state index in [1.54, 1.807) is 23.8 Å². The summed E-state index contributed by atoms with van der Waals surface area (Å²) in [6.07, 6.45) is 2.24. The van der Waals surface area contributed by atoms with Crippen molar-refractivity contribution in [3.05, 3.63) is 116 Å². The lowest BCUT2D eigenvalue weighted by Crippen LogP contribution is -2.47. The van der Waals surface area contributed by atoms with Gasteiger partial charge in [0.15, 0.2) is 4.84 Å². The fourth-order valence-electron chi connectivity index (χ4n) is 7.14. The Morgan fingerprint density at radius 1 is 0.966 bits per heavy atom. The standard InChI is InChI=1S/C15H11ClF3NO4.C15H22ClNO2.C11H11Cl2NO2.C8H14ClN5.C3H8NO5P.C3H9S/c1-2-23-14-8-10(4-5-12(14)20(21)22)24-13-6-3-9(7-11(13)16)15(17,18)19;1-5-13-8-6-7-11(2)15(13)17(14(18)9-16)12(3)10-19-4;1-7-6-16-9-5-3-2-4-8(9)14(7)11(15)10(12)13;1-4-10-7-12-6(9)13-8(14-7)11-5(2)3;5-3(6)1-4-2-10(7,8)9;1-4(2)3/h3-8H,2H2,1H3;6-8,12H,5,9-10H2,1-4H3;2-5,7,10H,6H2,1H3;5H,4H2,1-3H3,(H2,10,11,12,13,14);4H,1-2H2,(H,5,6)(H2,7,8,9);1-3H3/q;;;;;+1/p-1. The Balaban J connectivity index is 0.000000548. The van der Waals surface area contributed by atoms with Crippen LogP contribution in [0.15, 0.2) is 78.9 Å². The van der Waals surface area contributed by atoms with E-state index in [1.165, 1.54) is 18.2 Å². The summed E-state index contributed by atoms with van der Waals surface area (Å²) in [5.41, 5.74) is 2.78. The van der Waals surface area contributed by atoms with Crippen molar-refractivity contribution >= 4 is 123 Å². The van der Waals surface area contributed by atoms with E-state index in [9.17, 15) is 47.1 Å². The number of aromatic nitrogens is 3. The Morgan fingerprint density at radius 2 is 1.60 bits per heavy atom. The number of carboxylic acids is 1. The van der Waals surface area contributed by atoms with Gasteiger partial charge < -0.3 is 58.8 Å². The highest BCUT2D eigenvalue weighted by molar-refractivity contribution is 7.94. The molecule has 1 aliphatic heterocycles. The number of fused-ring (bicyclic) bond motifs is 1. The molecule has 0 aliphatic carbocycles. The van der Waals surface area contributed by atoms with Crippen LogP contribution in [0.2, 0.25) is 10.3 Å². The van der Waals surface area contributed by atoms with E-state index in [2.05, 4.69) is 57.3 Å². The van der Waals surface area contributed by atoms with E-state index in [0.29, 0.717) is 41.8 Å². The van der Waals surface area contributed by atoms with Crippen LogP contribution in [0.1, 0.15) is 65.2 Å². The summed E-state index contributed by atoms with van der Waals surface area (Å²) in [6.45, 7) is 17.0. The second-order valence-corrected chi connectivity index (χ2v) is 24.9. The minimum atomic E-state index is -4.52. The number of carbonyl (C=O) groups is 3. The van der Waals surface area contributed by atoms with Crippen molar-refractivity contribution in [2.24, 2.45) is 0 Å². The van der Waals surface area contributed by atoms with Crippen LogP contribution in [0.25, 0.3) is 0 Å². The van der Waals surface area contributed by atoms with E-state index >= 15 is 0 Å². The Labute approximate surface area is 532 Å². The molecule has 5 aromatic rings. The SMILES string of the molecule is CC1COc2ccccc2N1C(=O)C(Cl)Cl.CCNc1nc(Cl)nc(NC(C)C)n1.CCOc1cc(Oc2ccc(C(F)(F)F)cc2Cl)ccc1[N+](=O)[O-].CCc1cccc(C)c1N(C(=O)CCl)C(C)COC.C[S+](C)C.O=C(O)CNCP(=O)([O-])O. The van der Waals surface area contributed by atoms with Gasteiger partial charge in [-0.25, -0.2) is 0 Å². The molecule has 484 valence electrons. The van der Waals surface area contributed by atoms with Crippen molar-refractivity contribution in [2.75, 3.05) is 91.4 Å². The minimum Gasteiger partial charge on any atom is -0.778 e. The number of nitro groups is 1. The predicted molar refractivity (Wildman–Crippen MR) is 339 cm³/mol. The number of alkyl halides is 6. The maximum Gasteiger partial charge on any atom is 0.416 e. The number of rotatable bonds is 20. The van der Waals surface area contributed by atoms with Gasteiger partial charge in [0.05, 0.1) is 83.8 Å². The number of benzene rings is 4. The molecule has 0 radical (unpaired) electrons. The highest BCUT2D eigenvalue weighted by Gasteiger charge is 2.33. The Hall–Kier alpha value is -5.64. The van der Waals surface area contributed by atoms with Gasteiger partial charge in [-0.3, -0.25) is 29.8 Å². The molecule has 1 aromatic heterocycles. The zero-order chi connectivity index (χ0) is 66.4. The van der Waals surface area contributed by atoms with E-state index < -0.39 is 47.9 Å². The number of aliphatic carboxylic acids is 1. The lowest BCUT2D eigenvalue weighted by Gasteiger charge is -2.35. The Morgan fingerprint density at radius 3 is 2.11 bits per heavy atom. The van der Waals surface area contributed by atoms with E-state index in [-0.39, 0.29) is 75.7 Å². The van der Waals surface area contributed by atoms with E-state index in [0.717, 1.165) is 53.7 Å². The number of halogens is 8. The number of methoxy groups -OCH3 is 1. The Kier molecular flexibility index (Phi) is 36.6. The third-order valence-electron chi connectivity index (χ3n) is 10.5. The first kappa shape index (κ1) is 79.4. The lowest BCUT2D eigenvalue weighted by molar-refractivity contribution is -0.385. The molecule has 32 heteroatoms. The number of ether oxygens (including phenoxy) is 4. The molecule has 0 spiro atoms. The first-order valence-electron chi connectivity index (χ1n) is 26.3. The van der Waals surface area contributed by atoms with Crippen LogP contribution >= 0.6 is 65.6 Å². The smallest absolute Gasteiger partial charge is 0.416 e. The van der Waals surface area contributed by atoms with Crippen LogP contribution < -0.4 is 44.9 Å². The van der Waals surface area contributed by atoms with Crippen LogP contribution in [0.5, 0.6) is 23.0 Å². The number of hydrogen-bond acceptors (Lipinski definition) is 17. The zero-order valence-electron chi connectivity index (χ0n) is 49.9. The predicted octanol–water partition coefficient (Wildman–Crippen LogP) is 11.7. The van der Waals surface area contributed by atoms with Crippen LogP contribution in [-0.2, 0) is 47.2 Å². The highest BCUT2D eigenvalue weighted by Crippen LogP contribution is 2.39. The van der Waals surface area contributed by atoms with Gasteiger partial charge in [-0.1, -0.05) is 72.1 Å². The number of para-hydroxylation sites is 3. The van der Waals surface area contributed by atoms with Gasteiger partial charge >= 0.3 is 17.8 Å². The number of amides is 2. The summed E-state index contributed by atoms with van der Waals surface area (Å²) >= 11 is 28.5. The van der Waals surface area contributed by atoms with Gasteiger partial charge in [-0.2, -0.15) is 28.1 Å². The molecule has 6 rings (SSSR count). The molecule has 3 atom stereocenters. The molecule has 22 nitrogen and oxygen atoms in total. The van der Waals surface area contributed by atoms with Gasteiger partial charge in [0.25, 0.3) is 5.91 Å². The average molecular weight is 1370 g/mol. The molecular formula is C55H74Cl5F3N9O13PS. The number of carbonyl (C=O) groups excluding carboxylic acids is 2. The van der Waals surface area contributed by atoms with Crippen molar-refractivity contribution < 1.29 is 70.9 Å². The van der Waals surface area contributed by atoms with Gasteiger partial charge in [-0.15, -0.1) is 11.6 Å². The summed E-state index contributed by atoms with van der Waals surface area (Å²) in [5, 5.41) is 26.9. The molecule has 87 heavy (non-hydrogen) atoms. The fourth-order valence-corrected chi connectivity index (χ4v) is 8.26. The van der Waals surface area contributed by atoms with Crippen LogP contribution in [0.3, 0.4) is 0 Å². The van der Waals surface area contributed by atoms with Gasteiger partial charge in [-0.05, 0) is 125 Å². The third kappa shape index (κ3) is 29.9. The monoisotopic (exact) mass is 1360 g/mol.